The summed E-state index contributed by atoms with van der Waals surface area (Å²) in [5.41, 5.74) is 3.70. The standard InChI is InChI=1S/C14H18N4/c1-9-6-10(2)8-12(7-9)14-17-16-13-11(3)15-4-5-18(13)14/h6-8,11,15H,4-5H2,1-3H3. The Kier molecular flexibility index (Phi) is 2.67. The molecular weight excluding hydrogens is 224 g/mol. The minimum atomic E-state index is 0.283. The first-order chi connectivity index (χ1) is 8.65. The summed E-state index contributed by atoms with van der Waals surface area (Å²) in [6, 6.07) is 6.82. The molecule has 4 nitrogen and oxygen atoms in total. The van der Waals surface area contributed by atoms with Crippen LogP contribution in [0, 0.1) is 13.8 Å². The van der Waals surface area contributed by atoms with Crippen LogP contribution in [0.4, 0.5) is 0 Å². The molecule has 0 fully saturated rings. The Bertz CT molecular complexity index is 565. The molecule has 1 atom stereocenters. The minimum absolute atomic E-state index is 0.283. The van der Waals surface area contributed by atoms with Crippen molar-refractivity contribution in [1.82, 2.24) is 20.1 Å². The van der Waals surface area contributed by atoms with Crippen LogP contribution in [0.5, 0.6) is 0 Å². The van der Waals surface area contributed by atoms with Crippen molar-refractivity contribution in [3.8, 4) is 11.4 Å². The van der Waals surface area contributed by atoms with E-state index in [0.717, 1.165) is 24.7 Å². The Balaban J connectivity index is 2.12. The number of fused-ring (bicyclic) bond motifs is 1. The van der Waals surface area contributed by atoms with Crippen molar-refractivity contribution in [1.29, 1.82) is 0 Å². The van der Waals surface area contributed by atoms with Crippen LogP contribution in [0.2, 0.25) is 0 Å². The fraction of sp³-hybridized carbons (Fsp3) is 0.429. The molecule has 2 heterocycles. The molecule has 0 spiro atoms. The van der Waals surface area contributed by atoms with Gasteiger partial charge in [0.25, 0.3) is 0 Å². The first-order valence-electron chi connectivity index (χ1n) is 6.40. The molecule has 1 aromatic heterocycles. The predicted molar refractivity (Wildman–Crippen MR) is 71.3 cm³/mol. The summed E-state index contributed by atoms with van der Waals surface area (Å²) in [6.07, 6.45) is 0. The third kappa shape index (κ3) is 1.82. The largest absolute Gasteiger partial charge is 0.308 e. The highest BCUT2D eigenvalue weighted by molar-refractivity contribution is 5.58. The fourth-order valence-electron chi connectivity index (χ4n) is 2.66. The van der Waals surface area contributed by atoms with E-state index < -0.39 is 0 Å². The molecule has 3 rings (SSSR count). The van der Waals surface area contributed by atoms with Crippen molar-refractivity contribution in [3.05, 3.63) is 35.2 Å². The maximum absolute atomic E-state index is 4.37. The van der Waals surface area contributed by atoms with Gasteiger partial charge in [-0.05, 0) is 32.9 Å². The van der Waals surface area contributed by atoms with E-state index in [1.54, 1.807) is 0 Å². The summed E-state index contributed by atoms with van der Waals surface area (Å²) in [7, 11) is 0. The van der Waals surface area contributed by atoms with Crippen molar-refractivity contribution in [2.24, 2.45) is 0 Å². The van der Waals surface area contributed by atoms with Gasteiger partial charge in [-0.3, -0.25) is 0 Å². The number of aromatic nitrogens is 3. The van der Waals surface area contributed by atoms with Crippen LogP contribution in [0.25, 0.3) is 11.4 Å². The van der Waals surface area contributed by atoms with E-state index in [1.807, 2.05) is 0 Å². The maximum Gasteiger partial charge on any atom is 0.164 e. The molecule has 0 radical (unpaired) electrons. The highest BCUT2D eigenvalue weighted by Gasteiger charge is 2.21. The van der Waals surface area contributed by atoms with Gasteiger partial charge in [0, 0.05) is 18.7 Å². The van der Waals surface area contributed by atoms with Gasteiger partial charge in [0.2, 0.25) is 0 Å². The van der Waals surface area contributed by atoms with Crippen LogP contribution in [0.1, 0.15) is 29.9 Å². The van der Waals surface area contributed by atoms with Crippen LogP contribution in [-0.4, -0.2) is 21.3 Å². The van der Waals surface area contributed by atoms with Gasteiger partial charge in [0.15, 0.2) is 5.82 Å². The fourth-order valence-corrected chi connectivity index (χ4v) is 2.66. The van der Waals surface area contributed by atoms with Crippen molar-refractivity contribution < 1.29 is 0 Å². The number of nitrogens with zero attached hydrogens (tertiary/aromatic N) is 3. The molecule has 2 aromatic rings. The van der Waals surface area contributed by atoms with E-state index >= 15 is 0 Å². The molecule has 1 N–H and O–H groups in total. The van der Waals surface area contributed by atoms with Crippen LogP contribution >= 0.6 is 0 Å². The zero-order valence-electron chi connectivity index (χ0n) is 11.1. The normalized spacial score (nSPS) is 18.7. The Labute approximate surface area is 107 Å². The molecule has 0 bridgehead atoms. The molecule has 0 saturated heterocycles. The summed E-state index contributed by atoms with van der Waals surface area (Å²) in [6.45, 7) is 8.28. The minimum Gasteiger partial charge on any atom is -0.308 e. The van der Waals surface area contributed by atoms with E-state index in [4.69, 9.17) is 0 Å². The summed E-state index contributed by atoms with van der Waals surface area (Å²) < 4.78 is 2.23. The number of benzene rings is 1. The number of nitrogens with one attached hydrogen (secondary N) is 1. The van der Waals surface area contributed by atoms with Crippen LogP contribution in [-0.2, 0) is 6.54 Å². The Morgan fingerprint density at radius 1 is 1.17 bits per heavy atom. The zero-order valence-corrected chi connectivity index (χ0v) is 11.1. The van der Waals surface area contributed by atoms with E-state index in [0.29, 0.717) is 0 Å². The molecule has 4 heteroatoms. The van der Waals surface area contributed by atoms with Crippen LogP contribution in [0.3, 0.4) is 0 Å². The van der Waals surface area contributed by atoms with Gasteiger partial charge in [-0.2, -0.15) is 0 Å². The molecule has 0 amide bonds. The predicted octanol–water partition coefficient (Wildman–Crippen LogP) is 2.23. The first kappa shape index (κ1) is 11.4. The third-order valence-electron chi connectivity index (χ3n) is 3.43. The van der Waals surface area contributed by atoms with Crippen molar-refractivity contribution >= 4 is 0 Å². The van der Waals surface area contributed by atoms with Gasteiger partial charge in [-0.1, -0.05) is 17.2 Å². The molecule has 1 aromatic carbocycles. The average Bonchev–Trinajstić information content (AvgIpc) is 2.73. The molecule has 18 heavy (non-hydrogen) atoms. The highest BCUT2D eigenvalue weighted by atomic mass is 15.3. The lowest BCUT2D eigenvalue weighted by Gasteiger charge is -2.22. The summed E-state index contributed by atoms with van der Waals surface area (Å²) in [5, 5.41) is 12.1. The van der Waals surface area contributed by atoms with Crippen molar-refractivity contribution in [2.75, 3.05) is 6.54 Å². The topological polar surface area (TPSA) is 42.7 Å². The van der Waals surface area contributed by atoms with Gasteiger partial charge in [0.1, 0.15) is 5.82 Å². The average molecular weight is 242 g/mol. The molecule has 94 valence electrons. The van der Waals surface area contributed by atoms with Gasteiger partial charge >= 0.3 is 0 Å². The van der Waals surface area contributed by atoms with Crippen molar-refractivity contribution in [3.63, 3.8) is 0 Å². The van der Waals surface area contributed by atoms with Gasteiger partial charge in [0.05, 0.1) is 6.04 Å². The monoisotopic (exact) mass is 242 g/mol. The number of rotatable bonds is 1. The molecule has 1 aliphatic heterocycles. The zero-order chi connectivity index (χ0) is 12.7. The Morgan fingerprint density at radius 2 is 1.89 bits per heavy atom. The smallest absolute Gasteiger partial charge is 0.164 e. The quantitative estimate of drug-likeness (QED) is 0.834. The first-order valence-corrected chi connectivity index (χ1v) is 6.40. The second-order valence-corrected chi connectivity index (χ2v) is 5.09. The van der Waals surface area contributed by atoms with E-state index in [-0.39, 0.29) is 6.04 Å². The molecular formula is C14H18N4. The lowest BCUT2D eigenvalue weighted by molar-refractivity contribution is 0.439. The van der Waals surface area contributed by atoms with Crippen LogP contribution < -0.4 is 5.32 Å². The second-order valence-electron chi connectivity index (χ2n) is 5.09. The van der Waals surface area contributed by atoms with Gasteiger partial charge < -0.3 is 9.88 Å². The molecule has 1 aliphatic rings. The van der Waals surface area contributed by atoms with Crippen LogP contribution in [0.15, 0.2) is 18.2 Å². The Morgan fingerprint density at radius 3 is 2.61 bits per heavy atom. The van der Waals surface area contributed by atoms with Gasteiger partial charge in [-0.25, -0.2) is 0 Å². The van der Waals surface area contributed by atoms with Crippen molar-refractivity contribution in [2.45, 2.75) is 33.4 Å². The SMILES string of the molecule is Cc1cc(C)cc(-c2nnc3n2CCNC3C)c1. The number of hydrogen-bond donors (Lipinski definition) is 1. The Hall–Kier alpha value is -1.68. The van der Waals surface area contributed by atoms with E-state index in [1.165, 1.54) is 16.7 Å². The lowest BCUT2D eigenvalue weighted by atomic mass is 10.1. The van der Waals surface area contributed by atoms with E-state index in [9.17, 15) is 0 Å². The lowest BCUT2D eigenvalue weighted by Crippen LogP contribution is -2.32. The maximum atomic E-state index is 4.37. The second kappa shape index (κ2) is 4.21. The molecule has 0 aliphatic carbocycles. The highest BCUT2D eigenvalue weighted by Crippen LogP contribution is 2.25. The molecule has 0 saturated carbocycles. The summed E-state index contributed by atoms with van der Waals surface area (Å²) in [5.74, 6) is 2.03. The molecule has 1 unspecified atom stereocenters. The number of aryl methyl sites for hydroxylation is 2. The third-order valence-corrected chi connectivity index (χ3v) is 3.43. The van der Waals surface area contributed by atoms with Gasteiger partial charge in [-0.15, -0.1) is 10.2 Å². The summed E-state index contributed by atoms with van der Waals surface area (Å²) >= 11 is 0. The summed E-state index contributed by atoms with van der Waals surface area (Å²) in [4.78, 5) is 0. The van der Waals surface area contributed by atoms with E-state index in [2.05, 4.69) is 59.1 Å². The number of hydrogen-bond acceptors (Lipinski definition) is 3.